The van der Waals surface area contributed by atoms with Gasteiger partial charge in [-0.2, -0.15) is 4.31 Å². The van der Waals surface area contributed by atoms with Gasteiger partial charge in [0.15, 0.2) is 0 Å². The molecule has 120 valence electrons. The van der Waals surface area contributed by atoms with Crippen molar-refractivity contribution in [3.8, 4) is 0 Å². The maximum Gasteiger partial charge on any atom is 0.244 e. The highest BCUT2D eigenvalue weighted by Crippen LogP contribution is 2.27. The Bertz CT molecular complexity index is 569. The number of likely N-dealkylation sites (N-methyl/N-ethyl adjacent to an activating group) is 1. The molecule has 0 saturated carbocycles. The van der Waals surface area contributed by atoms with Crippen molar-refractivity contribution in [1.82, 2.24) is 14.5 Å². The minimum Gasteiger partial charge on any atom is -0.310 e. The molecule has 7 heteroatoms. The molecule has 2 heterocycles. The Labute approximate surface area is 132 Å². The van der Waals surface area contributed by atoms with Crippen LogP contribution in [0.15, 0.2) is 16.3 Å². The standard InChI is InChI=1S/C14H25N3O2S2/c1-11(2)15-9-13-14(5-8-20-13)21(18,19)17-7-6-16(4)10-12(17)3/h5,8,11-12,15H,6-7,9-10H2,1-4H3. The molecule has 1 aliphatic heterocycles. The van der Waals surface area contributed by atoms with Gasteiger partial charge in [-0.3, -0.25) is 0 Å². The van der Waals surface area contributed by atoms with Crippen molar-refractivity contribution in [2.75, 3.05) is 26.7 Å². The molecule has 1 atom stereocenters. The molecular weight excluding hydrogens is 306 g/mol. The van der Waals surface area contributed by atoms with Crippen molar-refractivity contribution in [2.45, 2.75) is 44.3 Å². The summed E-state index contributed by atoms with van der Waals surface area (Å²) in [5.41, 5.74) is 0. The maximum absolute atomic E-state index is 12.9. The number of sulfonamides is 1. The molecule has 0 bridgehead atoms. The van der Waals surface area contributed by atoms with E-state index in [0.29, 0.717) is 24.0 Å². The predicted molar refractivity (Wildman–Crippen MR) is 87.1 cm³/mol. The van der Waals surface area contributed by atoms with E-state index in [4.69, 9.17) is 0 Å². The van der Waals surface area contributed by atoms with E-state index in [-0.39, 0.29) is 6.04 Å². The van der Waals surface area contributed by atoms with E-state index in [9.17, 15) is 8.42 Å². The Kier molecular flexibility index (Phi) is 5.43. The van der Waals surface area contributed by atoms with E-state index in [1.807, 2.05) is 19.4 Å². The van der Waals surface area contributed by atoms with Crippen molar-refractivity contribution >= 4 is 21.4 Å². The normalized spacial score (nSPS) is 22.0. The van der Waals surface area contributed by atoms with Gasteiger partial charge in [-0.15, -0.1) is 11.3 Å². The Morgan fingerprint density at radius 1 is 1.43 bits per heavy atom. The summed E-state index contributed by atoms with van der Waals surface area (Å²) in [6.45, 7) is 8.83. The van der Waals surface area contributed by atoms with Gasteiger partial charge >= 0.3 is 0 Å². The van der Waals surface area contributed by atoms with E-state index in [0.717, 1.165) is 18.0 Å². The fourth-order valence-corrected chi connectivity index (χ4v) is 5.57. The molecule has 1 saturated heterocycles. The van der Waals surface area contributed by atoms with Gasteiger partial charge < -0.3 is 10.2 Å². The number of hydrogen-bond donors (Lipinski definition) is 1. The van der Waals surface area contributed by atoms with Crippen LogP contribution in [-0.2, 0) is 16.6 Å². The van der Waals surface area contributed by atoms with Gasteiger partial charge in [-0.25, -0.2) is 8.42 Å². The number of nitrogens with zero attached hydrogens (tertiary/aromatic N) is 2. The SMILES string of the molecule is CC(C)NCc1sccc1S(=O)(=O)N1CCN(C)CC1C. The molecule has 1 unspecified atom stereocenters. The third-order valence-electron chi connectivity index (χ3n) is 3.73. The second-order valence-corrected chi connectivity index (χ2v) is 8.83. The third kappa shape index (κ3) is 3.84. The van der Waals surface area contributed by atoms with Gasteiger partial charge in [0.2, 0.25) is 10.0 Å². The van der Waals surface area contributed by atoms with Gasteiger partial charge in [-0.1, -0.05) is 13.8 Å². The molecule has 1 aliphatic rings. The van der Waals surface area contributed by atoms with Gasteiger partial charge in [0.05, 0.1) is 4.90 Å². The van der Waals surface area contributed by atoms with E-state index >= 15 is 0 Å². The Balaban J connectivity index is 2.22. The number of piperazine rings is 1. The molecule has 0 amide bonds. The summed E-state index contributed by atoms with van der Waals surface area (Å²) in [6, 6.07) is 2.09. The summed E-state index contributed by atoms with van der Waals surface area (Å²) in [5, 5.41) is 5.17. The largest absolute Gasteiger partial charge is 0.310 e. The highest BCUT2D eigenvalue weighted by Gasteiger charge is 2.34. The van der Waals surface area contributed by atoms with Crippen molar-refractivity contribution < 1.29 is 8.42 Å². The monoisotopic (exact) mass is 331 g/mol. The number of hydrogen-bond acceptors (Lipinski definition) is 5. The zero-order valence-corrected chi connectivity index (χ0v) is 14.8. The van der Waals surface area contributed by atoms with Crippen LogP contribution in [0.25, 0.3) is 0 Å². The third-order valence-corrected chi connectivity index (χ3v) is 6.88. The Morgan fingerprint density at radius 3 is 2.76 bits per heavy atom. The average Bonchev–Trinajstić information content (AvgIpc) is 2.84. The zero-order chi connectivity index (χ0) is 15.6. The predicted octanol–water partition coefficient (Wildman–Crippen LogP) is 1.57. The summed E-state index contributed by atoms with van der Waals surface area (Å²) in [5.74, 6) is 0. The molecule has 21 heavy (non-hydrogen) atoms. The molecule has 1 N–H and O–H groups in total. The number of thiophene rings is 1. The molecule has 5 nitrogen and oxygen atoms in total. The van der Waals surface area contributed by atoms with Crippen LogP contribution >= 0.6 is 11.3 Å². The van der Waals surface area contributed by atoms with Crippen LogP contribution < -0.4 is 5.32 Å². The summed E-state index contributed by atoms with van der Waals surface area (Å²) in [4.78, 5) is 3.54. The van der Waals surface area contributed by atoms with Crippen molar-refractivity contribution in [2.24, 2.45) is 0 Å². The minimum absolute atomic E-state index is 0.0135. The second-order valence-electron chi connectivity index (χ2n) is 5.97. The van der Waals surface area contributed by atoms with Crippen molar-refractivity contribution in [3.05, 3.63) is 16.3 Å². The van der Waals surface area contributed by atoms with Crippen LogP contribution in [0.4, 0.5) is 0 Å². The Morgan fingerprint density at radius 2 is 2.14 bits per heavy atom. The quantitative estimate of drug-likeness (QED) is 0.890. The van der Waals surface area contributed by atoms with E-state index < -0.39 is 10.0 Å². The highest BCUT2D eigenvalue weighted by molar-refractivity contribution is 7.89. The molecule has 2 rings (SSSR count). The van der Waals surface area contributed by atoms with Crippen molar-refractivity contribution in [3.63, 3.8) is 0 Å². The van der Waals surface area contributed by atoms with E-state index in [2.05, 4.69) is 24.1 Å². The molecule has 1 fully saturated rings. The first-order valence-corrected chi connectivity index (χ1v) is 9.64. The van der Waals surface area contributed by atoms with E-state index in [1.165, 1.54) is 11.3 Å². The average molecular weight is 332 g/mol. The van der Waals surface area contributed by atoms with Crippen molar-refractivity contribution in [1.29, 1.82) is 0 Å². The van der Waals surface area contributed by atoms with Gasteiger partial charge in [0.1, 0.15) is 0 Å². The number of nitrogens with one attached hydrogen (secondary N) is 1. The zero-order valence-electron chi connectivity index (χ0n) is 13.2. The molecule has 1 aromatic rings. The molecular formula is C14H25N3O2S2. The van der Waals surface area contributed by atoms with Crippen LogP contribution in [0, 0.1) is 0 Å². The van der Waals surface area contributed by atoms with Crippen LogP contribution in [0.1, 0.15) is 25.6 Å². The molecule has 0 spiro atoms. The highest BCUT2D eigenvalue weighted by atomic mass is 32.2. The second kappa shape index (κ2) is 6.75. The molecule has 0 radical (unpaired) electrons. The first-order chi connectivity index (χ1) is 9.82. The lowest BCUT2D eigenvalue weighted by Gasteiger charge is -2.37. The Hall–Kier alpha value is -0.470. The smallest absolute Gasteiger partial charge is 0.244 e. The first-order valence-electron chi connectivity index (χ1n) is 7.32. The van der Waals surface area contributed by atoms with Gasteiger partial charge in [-0.05, 0) is 25.4 Å². The fraction of sp³-hybridized carbons (Fsp3) is 0.714. The molecule has 0 aliphatic carbocycles. The topological polar surface area (TPSA) is 52.7 Å². The van der Waals surface area contributed by atoms with Crippen LogP contribution in [0.2, 0.25) is 0 Å². The van der Waals surface area contributed by atoms with E-state index in [1.54, 1.807) is 10.4 Å². The number of rotatable bonds is 5. The summed E-state index contributed by atoms with van der Waals surface area (Å²) >= 11 is 1.51. The summed E-state index contributed by atoms with van der Waals surface area (Å²) < 4.78 is 27.5. The maximum atomic E-state index is 12.9. The fourth-order valence-electron chi connectivity index (χ4n) is 2.59. The first kappa shape index (κ1) is 16.9. The minimum atomic E-state index is -3.39. The molecule has 1 aromatic heterocycles. The lowest BCUT2D eigenvalue weighted by atomic mass is 10.2. The van der Waals surface area contributed by atoms with Crippen LogP contribution in [0.5, 0.6) is 0 Å². The van der Waals surface area contributed by atoms with Crippen LogP contribution in [0.3, 0.4) is 0 Å². The van der Waals surface area contributed by atoms with Gasteiger partial charge in [0, 0.05) is 43.1 Å². The summed E-state index contributed by atoms with van der Waals surface area (Å²) in [7, 11) is -1.36. The molecule has 0 aromatic carbocycles. The van der Waals surface area contributed by atoms with Gasteiger partial charge in [0.25, 0.3) is 0 Å². The lowest BCUT2D eigenvalue weighted by Crippen LogP contribution is -2.52. The lowest BCUT2D eigenvalue weighted by molar-refractivity contribution is 0.170. The van der Waals surface area contributed by atoms with Crippen LogP contribution in [-0.4, -0.2) is 56.4 Å². The summed E-state index contributed by atoms with van der Waals surface area (Å²) in [6.07, 6.45) is 0.